The minimum Gasteiger partial charge on any atom is -0.342 e. The normalized spacial score (nSPS) is 17.7. The molecule has 0 saturated carbocycles. The fourth-order valence-corrected chi connectivity index (χ4v) is 4.60. The van der Waals surface area contributed by atoms with Crippen LogP contribution in [0.5, 0.6) is 0 Å². The molecule has 0 bridgehead atoms. The molecule has 0 spiro atoms. The number of para-hydroxylation sites is 1. The number of hydrogen-bond acceptors (Lipinski definition) is 4. The summed E-state index contributed by atoms with van der Waals surface area (Å²) in [4.78, 5) is 31.6. The third kappa shape index (κ3) is 4.98. The molecule has 2 aliphatic rings. The maximum atomic E-state index is 13.0. The average Bonchev–Trinajstić information content (AvgIpc) is 3.09. The Morgan fingerprint density at radius 1 is 0.839 bits per heavy atom. The van der Waals surface area contributed by atoms with Crippen LogP contribution in [0.2, 0.25) is 0 Å². The number of aromatic nitrogens is 2. The van der Waals surface area contributed by atoms with Crippen LogP contribution >= 0.6 is 0 Å². The molecular formula is C24H33N5O2. The van der Waals surface area contributed by atoms with E-state index in [9.17, 15) is 9.59 Å². The summed E-state index contributed by atoms with van der Waals surface area (Å²) < 4.78 is 1.92. The summed E-state index contributed by atoms with van der Waals surface area (Å²) in [5.41, 5.74) is 3.94. The van der Waals surface area contributed by atoms with E-state index in [-0.39, 0.29) is 11.8 Å². The van der Waals surface area contributed by atoms with Gasteiger partial charge < -0.3 is 9.80 Å². The average molecular weight is 424 g/mol. The molecule has 7 heteroatoms. The molecule has 2 aliphatic heterocycles. The van der Waals surface area contributed by atoms with Gasteiger partial charge in [-0.05, 0) is 45.2 Å². The molecule has 166 valence electrons. The van der Waals surface area contributed by atoms with Crippen molar-refractivity contribution < 1.29 is 9.59 Å². The molecular weight excluding hydrogens is 390 g/mol. The van der Waals surface area contributed by atoms with Crippen molar-refractivity contribution in [3.8, 4) is 5.69 Å². The summed E-state index contributed by atoms with van der Waals surface area (Å²) >= 11 is 0. The van der Waals surface area contributed by atoms with Crippen LogP contribution in [0.1, 0.15) is 36.2 Å². The molecule has 2 fully saturated rings. The van der Waals surface area contributed by atoms with Crippen molar-refractivity contribution in [2.75, 3.05) is 45.8 Å². The number of piperidine rings is 1. The Balaban J connectivity index is 1.31. The fourth-order valence-electron chi connectivity index (χ4n) is 4.60. The first-order valence-electron chi connectivity index (χ1n) is 11.4. The van der Waals surface area contributed by atoms with Gasteiger partial charge in [0.05, 0.1) is 24.3 Å². The number of nitrogens with zero attached hydrogens (tertiary/aromatic N) is 5. The fraction of sp³-hybridized carbons (Fsp3) is 0.542. The molecule has 3 heterocycles. The Morgan fingerprint density at radius 3 is 2.16 bits per heavy atom. The van der Waals surface area contributed by atoms with E-state index in [2.05, 4.69) is 10.00 Å². The maximum Gasteiger partial charge on any atom is 0.236 e. The molecule has 0 aliphatic carbocycles. The first-order chi connectivity index (χ1) is 15.0. The Hall–Kier alpha value is -2.67. The van der Waals surface area contributed by atoms with Crippen molar-refractivity contribution in [2.24, 2.45) is 0 Å². The van der Waals surface area contributed by atoms with E-state index in [4.69, 9.17) is 0 Å². The third-order valence-electron chi connectivity index (χ3n) is 6.56. The monoisotopic (exact) mass is 423 g/mol. The van der Waals surface area contributed by atoms with E-state index in [1.54, 1.807) is 0 Å². The highest BCUT2D eigenvalue weighted by Gasteiger charge is 2.26. The van der Waals surface area contributed by atoms with Gasteiger partial charge in [-0.1, -0.05) is 18.2 Å². The van der Waals surface area contributed by atoms with Crippen molar-refractivity contribution in [2.45, 2.75) is 39.5 Å². The lowest BCUT2D eigenvalue weighted by molar-refractivity contribution is -0.135. The van der Waals surface area contributed by atoms with Gasteiger partial charge in [0.15, 0.2) is 0 Å². The summed E-state index contributed by atoms with van der Waals surface area (Å²) in [7, 11) is 0. The zero-order valence-electron chi connectivity index (χ0n) is 18.7. The van der Waals surface area contributed by atoms with Gasteiger partial charge >= 0.3 is 0 Å². The van der Waals surface area contributed by atoms with Gasteiger partial charge in [0, 0.05) is 50.5 Å². The van der Waals surface area contributed by atoms with Gasteiger partial charge in [-0.25, -0.2) is 4.68 Å². The molecule has 1 aromatic heterocycles. The van der Waals surface area contributed by atoms with Crippen LogP contribution in [0.15, 0.2) is 30.3 Å². The van der Waals surface area contributed by atoms with Gasteiger partial charge in [0.2, 0.25) is 11.8 Å². The molecule has 0 atom stereocenters. The molecule has 31 heavy (non-hydrogen) atoms. The molecule has 1 aromatic carbocycles. The summed E-state index contributed by atoms with van der Waals surface area (Å²) in [6.45, 7) is 9.13. The number of rotatable bonds is 5. The molecule has 7 nitrogen and oxygen atoms in total. The lowest BCUT2D eigenvalue weighted by Crippen LogP contribution is -2.52. The van der Waals surface area contributed by atoms with Crippen LogP contribution in [0.4, 0.5) is 0 Å². The van der Waals surface area contributed by atoms with Crippen LogP contribution in [-0.2, 0) is 16.0 Å². The summed E-state index contributed by atoms with van der Waals surface area (Å²) in [6, 6.07) is 10.0. The third-order valence-corrected chi connectivity index (χ3v) is 6.56. The molecule has 0 N–H and O–H groups in total. The molecule has 0 unspecified atom stereocenters. The predicted octanol–water partition coefficient (Wildman–Crippen LogP) is 2.19. The highest BCUT2D eigenvalue weighted by Crippen LogP contribution is 2.19. The van der Waals surface area contributed by atoms with E-state index in [1.165, 1.54) is 6.42 Å². The number of piperazine rings is 1. The van der Waals surface area contributed by atoms with E-state index in [0.29, 0.717) is 26.1 Å². The van der Waals surface area contributed by atoms with Gasteiger partial charge in [0.25, 0.3) is 0 Å². The van der Waals surface area contributed by atoms with E-state index in [1.807, 2.05) is 58.7 Å². The summed E-state index contributed by atoms with van der Waals surface area (Å²) in [5.74, 6) is 0.375. The number of amides is 2. The topological polar surface area (TPSA) is 61.7 Å². The van der Waals surface area contributed by atoms with Crippen LogP contribution in [0.3, 0.4) is 0 Å². The Kier molecular flexibility index (Phi) is 6.70. The quantitative estimate of drug-likeness (QED) is 0.740. The van der Waals surface area contributed by atoms with Gasteiger partial charge in [-0.2, -0.15) is 5.10 Å². The Morgan fingerprint density at radius 2 is 1.48 bits per heavy atom. The Bertz CT molecular complexity index is 910. The van der Waals surface area contributed by atoms with Crippen molar-refractivity contribution in [3.05, 3.63) is 47.3 Å². The van der Waals surface area contributed by atoms with Crippen LogP contribution in [0.25, 0.3) is 5.69 Å². The first kappa shape index (κ1) is 21.6. The highest BCUT2D eigenvalue weighted by molar-refractivity contribution is 5.80. The minimum atomic E-state index is 0.140. The van der Waals surface area contributed by atoms with Crippen LogP contribution < -0.4 is 0 Å². The Labute approximate surface area is 184 Å². The first-order valence-corrected chi connectivity index (χ1v) is 11.4. The minimum absolute atomic E-state index is 0.140. The lowest BCUT2D eigenvalue weighted by Gasteiger charge is -2.36. The molecule has 2 saturated heterocycles. The van der Waals surface area contributed by atoms with Gasteiger partial charge in [0.1, 0.15) is 0 Å². The van der Waals surface area contributed by atoms with Crippen molar-refractivity contribution >= 4 is 11.8 Å². The number of aryl methyl sites for hydroxylation is 1. The largest absolute Gasteiger partial charge is 0.342 e. The van der Waals surface area contributed by atoms with Gasteiger partial charge in [-0.15, -0.1) is 0 Å². The second-order valence-electron chi connectivity index (χ2n) is 8.67. The number of hydrogen-bond donors (Lipinski definition) is 0. The standard InChI is InChI=1S/C24H33N5O2/c1-19-22(20(2)29(25-19)21-9-5-3-6-10-21)17-23(30)28-15-13-26(14-16-28)18-24(31)27-11-7-4-8-12-27/h3,5-6,9-10H,4,7-8,11-18H2,1-2H3. The molecule has 2 aromatic rings. The van der Waals surface area contributed by atoms with Crippen molar-refractivity contribution in [3.63, 3.8) is 0 Å². The van der Waals surface area contributed by atoms with E-state index >= 15 is 0 Å². The molecule has 0 radical (unpaired) electrons. The smallest absolute Gasteiger partial charge is 0.236 e. The SMILES string of the molecule is Cc1nn(-c2ccccc2)c(C)c1CC(=O)N1CCN(CC(=O)N2CCCCC2)CC1. The van der Waals surface area contributed by atoms with Crippen LogP contribution in [-0.4, -0.2) is 82.1 Å². The number of carbonyl (C=O) groups is 2. The predicted molar refractivity (Wildman–Crippen MR) is 120 cm³/mol. The highest BCUT2D eigenvalue weighted by atomic mass is 16.2. The van der Waals surface area contributed by atoms with Crippen molar-refractivity contribution in [1.29, 1.82) is 0 Å². The molecule has 2 amide bonds. The van der Waals surface area contributed by atoms with Gasteiger partial charge in [-0.3, -0.25) is 14.5 Å². The number of likely N-dealkylation sites (tertiary alicyclic amines) is 1. The second kappa shape index (κ2) is 9.64. The van der Waals surface area contributed by atoms with Crippen molar-refractivity contribution in [1.82, 2.24) is 24.5 Å². The van der Waals surface area contributed by atoms with E-state index in [0.717, 1.165) is 61.7 Å². The lowest BCUT2D eigenvalue weighted by atomic mass is 10.1. The number of carbonyl (C=O) groups excluding carboxylic acids is 2. The zero-order chi connectivity index (χ0) is 21.8. The van der Waals surface area contributed by atoms with E-state index < -0.39 is 0 Å². The molecule has 4 rings (SSSR count). The maximum absolute atomic E-state index is 13.0. The van der Waals surface area contributed by atoms with Crippen LogP contribution in [0, 0.1) is 13.8 Å². The summed E-state index contributed by atoms with van der Waals surface area (Å²) in [5, 5.41) is 4.66. The number of benzene rings is 1. The summed E-state index contributed by atoms with van der Waals surface area (Å²) in [6.07, 6.45) is 3.84. The zero-order valence-corrected chi connectivity index (χ0v) is 18.7. The second-order valence-corrected chi connectivity index (χ2v) is 8.67.